The van der Waals surface area contributed by atoms with Crippen LogP contribution in [-0.4, -0.2) is 6.29 Å². The number of hydrogen-bond acceptors (Lipinski definition) is 1. The van der Waals surface area contributed by atoms with Gasteiger partial charge in [-0.3, -0.25) is 4.79 Å². The second-order valence-electron chi connectivity index (χ2n) is 3.79. The minimum Gasteiger partial charge on any atom is -0.298 e. The number of hydrogen-bond donors (Lipinski definition) is 0. The SMILES string of the molecule is O=Cc1cccc(/C=C/c2ccc(Cl)cc2Br)c1. The lowest BCUT2D eigenvalue weighted by atomic mass is 10.1. The van der Waals surface area contributed by atoms with Crippen LogP contribution < -0.4 is 0 Å². The highest BCUT2D eigenvalue weighted by atomic mass is 79.9. The van der Waals surface area contributed by atoms with E-state index in [4.69, 9.17) is 11.6 Å². The van der Waals surface area contributed by atoms with Crippen molar-refractivity contribution in [3.63, 3.8) is 0 Å². The molecular formula is C15H10BrClO. The van der Waals surface area contributed by atoms with Gasteiger partial charge in [-0.15, -0.1) is 0 Å². The van der Waals surface area contributed by atoms with E-state index in [1.807, 2.05) is 48.6 Å². The van der Waals surface area contributed by atoms with E-state index in [0.29, 0.717) is 10.6 Å². The Morgan fingerprint density at radius 1 is 1.00 bits per heavy atom. The van der Waals surface area contributed by atoms with Gasteiger partial charge >= 0.3 is 0 Å². The average Bonchev–Trinajstić information content (AvgIpc) is 2.38. The van der Waals surface area contributed by atoms with Crippen LogP contribution in [0.15, 0.2) is 46.9 Å². The molecule has 0 amide bonds. The molecule has 0 spiro atoms. The van der Waals surface area contributed by atoms with E-state index in [1.165, 1.54) is 0 Å². The van der Waals surface area contributed by atoms with Crippen LogP contribution in [0.4, 0.5) is 0 Å². The number of aldehydes is 1. The van der Waals surface area contributed by atoms with Crippen molar-refractivity contribution in [2.24, 2.45) is 0 Å². The summed E-state index contributed by atoms with van der Waals surface area (Å²) in [6.07, 6.45) is 4.78. The summed E-state index contributed by atoms with van der Waals surface area (Å²) in [5.41, 5.74) is 2.70. The van der Waals surface area contributed by atoms with Crippen LogP contribution in [0.3, 0.4) is 0 Å². The summed E-state index contributed by atoms with van der Waals surface area (Å²) in [7, 11) is 0. The Labute approximate surface area is 119 Å². The Balaban J connectivity index is 2.26. The predicted octanol–water partition coefficient (Wildman–Crippen LogP) is 5.09. The molecular weight excluding hydrogens is 312 g/mol. The monoisotopic (exact) mass is 320 g/mol. The van der Waals surface area contributed by atoms with Crippen LogP contribution in [0.25, 0.3) is 12.2 Å². The van der Waals surface area contributed by atoms with E-state index in [0.717, 1.165) is 21.9 Å². The standard InChI is InChI=1S/C15H10BrClO/c16-15-9-14(17)7-6-13(15)5-4-11-2-1-3-12(8-11)10-18/h1-10H/b5-4+. The summed E-state index contributed by atoms with van der Waals surface area (Å²) >= 11 is 9.34. The van der Waals surface area contributed by atoms with Crippen LogP contribution in [0.5, 0.6) is 0 Å². The fourth-order valence-electron chi connectivity index (χ4n) is 1.56. The maximum absolute atomic E-state index is 10.7. The van der Waals surface area contributed by atoms with E-state index >= 15 is 0 Å². The molecule has 0 atom stereocenters. The lowest BCUT2D eigenvalue weighted by molar-refractivity contribution is 0.112. The summed E-state index contributed by atoms with van der Waals surface area (Å²) in [5, 5.41) is 0.696. The molecule has 0 aromatic heterocycles. The summed E-state index contributed by atoms with van der Waals surface area (Å²) in [6, 6.07) is 13.1. The van der Waals surface area contributed by atoms with E-state index in [-0.39, 0.29) is 0 Å². The molecule has 0 aliphatic carbocycles. The van der Waals surface area contributed by atoms with Crippen molar-refractivity contribution in [1.29, 1.82) is 0 Å². The zero-order valence-corrected chi connectivity index (χ0v) is 11.8. The molecule has 3 heteroatoms. The summed E-state index contributed by atoms with van der Waals surface area (Å²) < 4.78 is 0.942. The van der Waals surface area contributed by atoms with Crippen LogP contribution in [0.1, 0.15) is 21.5 Å². The number of benzene rings is 2. The minimum absolute atomic E-state index is 0.673. The van der Waals surface area contributed by atoms with Crippen molar-refractivity contribution in [1.82, 2.24) is 0 Å². The third-order valence-corrected chi connectivity index (χ3v) is 3.39. The van der Waals surface area contributed by atoms with Gasteiger partial charge in [0.15, 0.2) is 0 Å². The Hall–Kier alpha value is -1.38. The number of rotatable bonds is 3. The number of carbonyl (C=O) groups is 1. The van der Waals surface area contributed by atoms with E-state index in [1.54, 1.807) is 6.07 Å². The van der Waals surface area contributed by atoms with E-state index < -0.39 is 0 Å². The molecule has 0 saturated carbocycles. The fourth-order valence-corrected chi connectivity index (χ4v) is 2.37. The topological polar surface area (TPSA) is 17.1 Å². The summed E-state index contributed by atoms with van der Waals surface area (Å²) in [6.45, 7) is 0. The van der Waals surface area contributed by atoms with Crippen molar-refractivity contribution >= 4 is 46.0 Å². The molecule has 0 aliphatic heterocycles. The molecule has 90 valence electrons. The largest absolute Gasteiger partial charge is 0.298 e. The minimum atomic E-state index is 0.673. The molecule has 0 aliphatic rings. The van der Waals surface area contributed by atoms with Gasteiger partial charge in [-0.2, -0.15) is 0 Å². The molecule has 0 unspecified atom stereocenters. The Morgan fingerprint density at radius 3 is 2.50 bits per heavy atom. The van der Waals surface area contributed by atoms with Gasteiger partial charge in [0.1, 0.15) is 6.29 Å². The Kier molecular flexibility index (Phi) is 4.34. The summed E-state index contributed by atoms with van der Waals surface area (Å²) in [5.74, 6) is 0. The van der Waals surface area contributed by atoms with Crippen LogP contribution in [0, 0.1) is 0 Å². The molecule has 0 bridgehead atoms. The van der Waals surface area contributed by atoms with Crippen LogP contribution >= 0.6 is 27.5 Å². The molecule has 0 radical (unpaired) electrons. The first-order valence-electron chi connectivity index (χ1n) is 5.37. The lowest BCUT2D eigenvalue weighted by Gasteiger charge is -1.99. The van der Waals surface area contributed by atoms with Gasteiger partial charge in [0.2, 0.25) is 0 Å². The van der Waals surface area contributed by atoms with Gasteiger partial charge in [0, 0.05) is 15.1 Å². The predicted molar refractivity (Wildman–Crippen MR) is 79.9 cm³/mol. The van der Waals surface area contributed by atoms with Crippen molar-refractivity contribution < 1.29 is 4.79 Å². The van der Waals surface area contributed by atoms with Gasteiger partial charge < -0.3 is 0 Å². The second-order valence-corrected chi connectivity index (χ2v) is 5.08. The molecule has 0 N–H and O–H groups in total. The van der Waals surface area contributed by atoms with Gasteiger partial charge in [-0.05, 0) is 29.3 Å². The Morgan fingerprint density at radius 2 is 1.78 bits per heavy atom. The zero-order valence-electron chi connectivity index (χ0n) is 9.44. The first-order chi connectivity index (χ1) is 8.69. The highest BCUT2D eigenvalue weighted by molar-refractivity contribution is 9.10. The van der Waals surface area contributed by atoms with E-state index in [2.05, 4.69) is 15.9 Å². The quantitative estimate of drug-likeness (QED) is 0.569. The van der Waals surface area contributed by atoms with E-state index in [9.17, 15) is 4.79 Å². The van der Waals surface area contributed by atoms with Gasteiger partial charge in [0.05, 0.1) is 0 Å². The average molecular weight is 322 g/mol. The fraction of sp³-hybridized carbons (Fsp3) is 0. The van der Waals surface area contributed by atoms with Crippen molar-refractivity contribution in [3.8, 4) is 0 Å². The highest BCUT2D eigenvalue weighted by Gasteiger charge is 1.97. The molecule has 2 aromatic rings. The van der Waals surface area contributed by atoms with Gasteiger partial charge in [-0.1, -0.05) is 63.9 Å². The molecule has 18 heavy (non-hydrogen) atoms. The van der Waals surface area contributed by atoms with Crippen LogP contribution in [-0.2, 0) is 0 Å². The maximum atomic E-state index is 10.7. The van der Waals surface area contributed by atoms with Crippen molar-refractivity contribution in [2.45, 2.75) is 0 Å². The van der Waals surface area contributed by atoms with Crippen molar-refractivity contribution in [3.05, 3.63) is 68.7 Å². The first-order valence-corrected chi connectivity index (χ1v) is 6.54. The normalized spacial score (nSPS) is 10.8. The first kappa shape index (κ1) is 13.1. The van der Waals surface area contributed by atoms with Gasteiger partial charge in [0.25, 0.3) is 0 Å². The number of halogens is 2. The second kappa shape index (κ2) is 5.98. The van der Waals surface area contributed by atoms with Crippen molar-refractivity contribution in [2.75, 3.05) is 0 Å². The number of carbonyl (C=O) groups excluding carboxylic acids is 1. The molecule has 2 rings (SSSR count). The summed E-state index contributed by atoms with van der Waals surface area (Å²) in [4.78, 5) is 10.7. The van der Waals surface area contributed by atoms with Gasteiger partial charge in [-0.25, -0.2) is 0 Å². The highest BCUT2D eigenvalue weighted by Crippen LogP contribution is 2.23. The molecule has 0 heterocycles. The molecule has 1 nitrogen and oxygen atoms in total. The molecule has 0 saturated heterocycles. The smallest absolute Gasteiger partial charge is 0.150 e. The zero-order chi connectivity index (χ0) is 13.0. The third-order valence-electron chi connectivity index (χ3n) is 2.46. The maximum Gasteiger partial charge on any atom is 0.150 e. The van der Waals surface area contributed by atoms with Crippen LogP contribution in [0.2, 0.25) is 5.02 Å². The lowest BCUT2D eigenvalue weighted by Crippen LogP contribution is -1.80. The molecule has 2 aromatic carbocycles. The third kappa shape index (κ3) is 3.31. The Bertz CT molecular complexity index is 605. The molecule has 0 fully saturated rings.